The van der Waals surface area contributed by atoms with Crippen LogP contribution in [0.2, 0.25) is 0 Å². The zero-order valence-electron chi connectivity index (χ0n) is 13.5. The Bertz CT molecular complexity index is 1090. The predicted octanol–water partition coefficient (Wildman–Crippen LogP) is 4.00. The van der Waals surface area contributed by atoms with Gasteiger partial charge in [0, 0.05) is 6.07 Å². The van der Waals surface area contributed by atoms with E-state index in [1.807, 2.05) is 0 Å². The highest BCUT2D eigenvalue weighted by Crippen LogP contribution is 2.33. The molecule has 0 spiro atoms. The first-order valence-electron chi connectivity index (χ1n) is 7.74. The lowest BCUT2D eigenvalue weighted by atomic mass is 10.2. The first-order chi connectivity index (χ1) is 12.9. The fourth-order valence-corrected chi connectivity index (χ4v) is 3.20. The Balaban J connectivity index is 1.73. The van der Waals surface area contributed by atoms with Crippen molar-refractivity contribution < 1.29 is 22.4 Å². The summed E-state index contributed by atoms with van der Waals surface area (Å²) in [4.78, 5) is 17.1. The van der Waals surface area contributed by atoms with E-state index in [4.69, 9.17) is 4.42 Å². The first kappa shape index (κ1) is 17.3. The highest BCUT2D eigenvalue weighted by molar-refractivity contribution is 7.13. The maximum absolute atomic E-state index is 13.5. The Kier molecular flexibility index (Phi) is 4.19. The molecule has 0 atom stereocenters. The van der Waals surface area contributed by atoms with Gasteiger partial charge >= 0.3 is 6.18 Å². The fraction of sp³-hybridized carbons (Fsp3) is 0.118. The fourth-order valence-electron chi connectivity index (χ4n) is 2.51. The molecule has 4 aromatic heterocycles. The summed E-state index contributed by atoms with van der Waals surface area (Å²) in [6.07, 6.45) is -3.20. The third-order valence-electron chi connectivity index (χ3n) is 3.73. The van der Waals surface area contributed by atoms with Crippen LogP contribution in [-0.2, 0) is 12.7 Å². The molecule has 10 heteroatoms. The summed E-state index contributed by atoms with van der Waals surface area (Å²) in [5.74, 6) is -0.108. The second-order valence-electron chi connectivity index (χ2n) is 5.56. The van der Waals surface area contributed by atoms with Gasteiger partial charge in [-0.25, -0.2) is 9.50 Å². The Morgan fingerprint density at radius 3 is 2.78 bits per heavy atom. The van der Waals surface area contributed by atoms with Crippen molar-refractivity contribution >= 4 is 22.9 Å². The average Bonchev–Trinajstić information content (AvgIpc) is 3.38. The quantitative estimate of drug-likeness (QED) is 0.570. The maximum atomic E-state index is 13.5. The van der Waals surface area contributed by atoms with Gasteiger partial charge in [-0.2, -0.15) is 18.3 Å². The van der Waals surface area contributed by atoms with Gasteiger partial charge in [0.1, 0.15) is 5.76 Å². The van der Waals surface area contributed by atoms with Gasteiger partial charge in [-0.15, -0.1) is 11.3 Å². The van der Waals surface area contributed by atoms with E-state index in [2.05, 4.69) is 15.4 Å². The SMILES string of the molecule is O=C(NCc1ccco1)c1cc2nc(-c3cccs3)cc(C(F)(F)F)n2n1. The number of alkyl halides is 3. The number of nitrogens with one attached hydrogen (secondary N) is 1. The van der Waals surface area contributed by atoms with Gasteiger partial charge in [-0.05, 0) is 29.6 Å². The van der Waals surface area contributed by atoms with E-state index in [1.165, 1.54) is 23.7 Å². The second-order valence-corrected chi connectivity index (χ2v) is 6.51. The number of carbonyl (C=O) groups is 1. The number of fused-ring (bicyclic) bond motifs is 1. The first-order valence-corrected chi connectivity index (χ1v) is 8.62. The number of aromatic nitrogens is 3. The standard InChI is InChI=1S/C17H11F3N4O2S/c18-17(19,20)14-7-11(13-4-2-6-27-13)22-15-8-12(23-24(14)15)16(25)21-9-10-3-1-5-26-10/h1-8H,9H2,(H,21,25). The van der Waals surface area contributed by atoms with E-state index < -0.39 is 17.8 Å². The topological polar surface area (TPSA) is 72.4 Å². The second kappa shape index (κ2) is 6.54. The molecule has 4 heterocycles. The van der Waals surface area contributed by atoms with Crippen molar-refractivity contribution in [2.24, 2.45) is 0 Å². The van der Waals surface area contributed by atoms with Crippen LogP contribution in [0.1, 0.15) is 21.9 Å². The number of furan rings is 1. The van der Waals surface area contributed by atoms with Gasteiger partial charge in [-0.3, -0.25) is 4.79 Å². The highest BCUT2D eigenvalue weighted by Gasteiger charge is 2.35. The summed E-state index contributed by atoms with van der Waals surface area (Å²) in [6, 6.07) is 8.89. The molecule has 138 valence electrons. The molecule has 0 saturated carbocycles. The summed E-state index contributed by atoms with van der Waals surface area (Å²) in [5, 5.41) is 8.09. The van der Waals surface area contributed by atoms with E-state index in [0.29, 0.717) is 15.2 Å². The van der Waals surface area contributed by atoms with Crippen LogP contribution in [0, 0.1) is 0 Å². The van der Waals surface area contributed by atoms with Gasteiger partial charge < -0.3 is 9.73 Å². The number of nitrogens with zero attached hydrogens (tertiary/aromatic N) is 3. The third-order valence-corrected chi connectivity index (χ3v) is 4.62. The van der Waals surface area contributed by atoms with Gasteiger partial charge in [0.2, 0.25) is 0 Å². The number of hydrogen-bond acceptors (Lipinski definition) is 5. The minimum atomic E-state index is -4.65. The number of hydrogen-bond donors (Lipinski definition) is 1. The maximum Gasteiger partial charge on any atom is 0.433 e. The molecule has 0 fully saturated rings. The van der Waals surface area contributed by atoms with Gasteiger partial charge in [-0.1, -0.05) is 6.07 Å². The van der Waals surface area contributed by atoms with Crippen LogP contribution >= 0.6 is 11.3 Å². The molecule has 0 aliphatic carbocycles. The summed E-state index contributed by atoms with van der Waals surface area (Å²) in [5.41, 5.74) is -1.05. The number of halogens is 3. The zero-order valence-corrected chi connectivity index (χ0v) is 14.3. The number of carbonyl (C=O) groups excluding carboxylic acids is 1. The molecule has 0 aromatic carbocycles. The molecule has 4 rings (SSSR count). The van der Waals surface area contributed by atoms with E-state index in [0.717, 1.165) is 6.07 Å². The predicted molar refractivity (Wildman–Crippen MR) is 91.2 cm³/mol. The van der Waals surface area contributed by atoms with E-state index >= 15 is 0 Å². The Morgan fingerprint density at radius 2 is 2.11 bits per heavy atom. The normalized spacial score (nSPS) is 11.8. The van der Waals surface area contributed by atoms with E-state index in [1.54, 1.807) is 29.6 Å². The molecule has 0 aliphatic heterocycles. The largest absolute Gasteiger partial charge is 0.467 e. The molecule has 0 saturated heterocycles. The van der Waals surface area contributed by atoms with Gasteiger partial charge in [0.15, 0.2) is 17.0 Å². The molecule has 0 radical (unpaired) electrons. The summed E-state index contributed by atoms with van der Waals surface area (Å²) in [6.45, 7) is 0.0969. The van der Waals surface area contributed by atoms with Crippen LogP contribution in [0.4, 0.5) is 13.2 Å². The lowest BCUT2D eigenvalue weighted by Crippen LogP contribution is -2.23. The number of thiophene rings is 1. The van der Waals surface area contributed by atoms with Crippen molar-refractivity contribution in [1.82, 2.24) is 19.9 Å². The van der Waals surface area contributed by atoms with Crippen molar-refractivity contribution in [1.29, 1.82) is 0 Å². The zero-order chi connectivity index (χ0) is 19.0. The molecule has 0 unspecified atom stereocenters. The van der Waals surface area contributed by atoms with Crippen LogP contribution < -0.4 is 5.32 Å². The lowest BCUT2D eigenvalue weighted by Gasteiger charge is -2.10. The van der Waals surface area contributed by atoms with Crippen molar-refractivity contribution in [3.63, 3.8) is 0 Å². The number of amides is 1. The van der Waals surface area contributed by atoms with E-state index in [-0.39, 0.29) is 23.6 Å². The van der Waals surface area contributed by atoms with Crippen LogP contribution in [0.3, 0.4) is 0 Å². The average molecular weight is 392 g/mol. The molecule has 0 aliphatic rings. The molecule has 1 N–H and O–H groups in total. The molecular weight excluding hydrogens is 381 g/mol. The van der Waals surface area contributed by atoms with Crippen molar-refractivity contribution in [3.8, 4) is 10.6 Å². The number of rotatable bonds is 4. The third kappa shape index (κ3) is 3.43. The summed E-state index contributed by atoms with van der Waals surface area (Å²) < 4.78 is 46.2. The highest BCUT2D eigenvalue weighted by atomic mass is 32.1. The molecule has 27 heavy (non-hydrogen) atoms. The molecular formula is C17H11F3N4O2S. The molecule has 0 bridgehead atoms. The minimum absolute atomic E-state index is 0.0589. The Labute approximate surface area is 154 Å². The van der Waals surface area contributed by atoms with Gasteiger partial charge in [0.25, 0.3) is 5.91 Å². The summed E-state index contributed by atoms with van der Waals surface area (Å²) in [7, 11) is 0. The molecule has 1 amide bonds. The lowest BCUT2D eigenvalue weighted by molar-refractivity contribution is -0.142. The van der Waals surface area contributed by atoms with Crippen LogP contribution in [0.5, 0.6) is 0 Å². The van der Waals surface area contributed by atoms with Crippen molar-refractivity contribution in [2.75, 3.05) is 0 Å². The smallest absolute Gasteiger partial charge is 0.433 e. The van der Waals surface area contributed by atoms with Crippen molar-refractivity contribution in [2.45, 2.75) is 12.7 Å². The van der Waals surface area contributed by atoms with Crippen LogP contribution in [0.15, 0.2) is 52.5 Å². The van der Waals surface area contributed by atoms with Crippen LogP contribution in [0.25, 0.3) is 16.2 Å². The molecule has 6 nitrogen and oxygen atoms in total. The van der Waals surface area contributed by atoms with Gasteiger partial charge in [0.05, 0.1) is 23.4 Å². The van der Waals surface area contributed by atoms with Crippen LogP contribution in [-0.4, -0.2) is 20.5 Å². The van der Waals surface area contributed by atoms with E-state index in [9.17, 15) is 18.0 Å². The monoisotopic (exact) mass is 392 g/mol. The Morgan fingerprint density at radius 1 is 1.26 bits per heavy atom. The summed E-state index contributed by atoms with van der Waals surface area (Å²) >= 11 is 1.27. The Hall–Kier alpha value is -3.14. The van der Waals surface area contributed by atoms with Crippen molar-refractivity contribution in [3.05, 3.63) is 65.2 Å². The molecule has 4 aromatic rings. The minimum Gasteiger partial charge on any atom is -0.467 e.